The fourth-order valence-electron chi connectivity index (χ4n) is 4.04. The third kappa shape index (κ3) is 4.70. The van der Waals surface area contributed by atoms with Crippen LogP contribution in [0.4, 0.5) is 0 Å². The minimum Gasteiger partial charge on any atom is -0.493 e. The van der Waals surface area contributed by atoms with Crippen LogP contribution in [0.3, 0.4) is 0 Å². The Morgan fingerprint density at radius 2 is 1.86 bits per heavy atom. The van der Waals surface area contributed by atoms with E-state index in [9.17, 15) is 9.59 Å². The summed E-state index contributed by atoms with van der Waals surface area (Å²) in [7, 11) is 4.47. The summed E-state index contributed by atoms with van der Waals surface area (Å²) in [6.45, 7) is 1.93. The van der Waals surface area contributed by atoms with Crippen LogP contribution in [-0.2, 0) is 14.3 Å². The van der Waals surface area contributed by atoms with Crippen molar-refractivity contribution in [3.05, 3.63) is 23.8 Å². The van der Waals surface area contributed by atoms with E-state index in [-0.39, 0.29) is 42.0 Å². The lowest BCUT2D eigenvalue weighted by molar-refractivity contribution is -0.141. The van der Waals surface area contributed by atoms with E-state index in [1.807, 2.05) is 6.07 Å². The molecule has 2 atom stereocenters. The predicted molar refractivity (Wildman–Crippen MR) is 107 cm³/mol. The second-order valence-corrected chi connectivity index (χ2v) is 7.32. The number of nitrogens with one attached hydrogen (secondary N) is 2. The molecule has 1 aliphatic carbocycles. The lowest BCUT2D eigenvalue weighted by Gasteiger charge is -2.24. The SMILES string of the molecule is COC(=O)CC(NC(=O)C1CC12CCNCC2)c1ccc(OC)c(OC)c1.Cl. The van der Waals surface area contributed by atoms with Crippen molar-refractivity contribution >= 4 is 24.3 Å². The first-order chi connectivity index (χ1) is 13.0. The van der Waals surface area contributed by atoms with E-state index < -0.39 is 6.04 Å². The highest BCUT2D eigenvalue weighted by molar-refractivity contribution is 5.85. The second kappa shape index (κ2) is 9.47. The summed E-state index contributed by atoms with van der Waals surface area (Å²) in [6.07, 6.45) is 3.06. The first-order valence-corrected chi connectivity index (χ1v) is 9.33. The van der Waals surface area contributed by atoms with Crippen molar-refractivity contribution in [2.75, 3.05) is 34.4 Å². The number of hydrogen-bond acceptors (Lipinski definition) is 6. The minimum absolute atomic E-state index is 0. The molecule has 1 saturated carbocycles. The van der Waals surface area contributed by atoms with Gasteiger partial charge in [-0.15, -0.1) is 12.4 Å². The van der Waals surface area contributed by atoms with E-state index in [4.69, 9.17) is 14.2 Å². The Hall–Kier alpha value is -1.99. The highest BCUT2D eigenvalue weighted by atomic mass is 35.5. The zero-order chi connectivity index (χ0) is 19.4. The summed E-state index contributed by atoms with van der Waals surface area (Å²) >= 11 is 0. The van der Waals surface area contributed by atoms with Gasteiger partial charge in [0.1, 0.15) is 0 Å². The predicted octanol–water partition coefficient (Wildman–Crippen LogP) is 2.24. The number of carbonyl (C=O) groups excluding carboxylic acids is 2. The van der Waals surface area contributed by atoms with E-state index in [0.29, 0.717) is 11.5 Å². The van der Waals surface area contributed by atoms with Gasteiger partial charge in [0.05, 0.1) is 33.8 Å². The maximum atomic E-state index is 12.9. The quantitative estimate of drug-likeness (QED) is 0.668. The number of benzene rings is 1. The van der Waals surface area contributed by atoms with Gasteiger partial charge in [0.25, 0.3) is 0 Å². The van der Waals surface area contributed by atoms with Crippen molar-refractivity contribution in [2.45, 2.75) is 31.7 Å². The number of rotatable bonds is 7. The van der Waals surface area contributed by atoms with Gasteiger partial charge in [0.15, 0.2) is 11.5 Å². The number of ether oxygens (including phenoxy) is 3. The number of piperidine rings is 1. The van der Waals surface area contributed by atoms with E-state index in [1.54, 1.807) is 26.4 Å². The molecular weight excluding hydrogens is 384 g/mol. The summed E-state index contributed by atoms with van der Waals surface area (Å²) in [4.78, 5) is 24.8. The topological polar surface area (TPSA) is 85.9 Å². The largest absolute Gasteiger partial charge is 0.493 e. The fraction of sp³-hybridized carbons (Fsp3) is 0.600. The molecule has 7 nitrogen and oxygen atoms in total. The van der Waals surface area contributed by atoms with E-state index >= 15 is 0 Å². The van der Waals surface area contributed by atoms with Crippen LogP contribution in [-0.4, -0.2) is 46.3 Å². The summed E-state index contributed by atoms with van der Waals surface area (Å²) in [5, 5.41) is 6.41. The lowest BCUT2D eigenvalue weighted by Crippen LogP contribution is -2.36. The molecule has 2 unspecified atom stereocenters. The monoisotopic (exact) mass is 412 g/mol. The van der Waals surface area contributed by atoms with Crippen LogP contribution in [0.1, 0.15) is 37.3 Å². The van der Waals surface area contributed by atoms with Gasteiger partial charge in [-0.2, -0.15) is 0 Å². The number of esters is 1. The molecule has 156 valence electrons. The fourth-order valence-corrected chi connectivity index (χ4v) is 4.04. The molecule has 0 bridgehead atoms. The van der Waals surface area contributed by atoms with Crippen LogP contribution in [0.15, 0.2) is 18.2 Å². The van der Waals surface area contributed by atoms with Gasteiger partial charge in [0.2, 0.25) is 5.91 Å². The zero-order valence-electron chi connectivity index (χ0n) is 16.6. The number of carbonyl (C=O) groups is 2. The first kappa shape index (κ1) is 22.3. The van der Waals surface area contributed by atoms with Crippen LogP contribution >= 0.6 is 12.4 Å². The number of amides is 1. The number of halogens is 1. The Balaban J connectivity index is 0.00000280. The number of hydrogen-bond donors (Lipinski definition) is 2. The van der Waals surface area contributed by atoms with Gasteiger partial charge < -0.3 is 24.8 Å². The van der Waals surface area contributed by atoms with E-state index in [1.165, 1.54) is 7.11 Å². The molecule has 8 heteroatoms. The molecule has 0 radical (unpaired) electrons. The van der Waals surface area contributed by atoms with Crippen molar-refractivity contribution in [3.8, 4) is 11.5 Å². The standard InChI is InChI=1S/C20H28N2O5.ClH/c1-25-16-5-4-13(10-17(16)26-2)15(11-18(23)27-3)22-19(24)14-12-20(14)6-8-21-9-7-20;/h4-5,10,14-15,21H,6-9,11-12H2,1-3H3,(H,22,24);1H. The average Bonchev–Trinajstić information content (AvgIpc) is 3.39. The van der Waals surface area contributed by atoms with Crippen LogP contribution in [0, 0.1) is 11.3 Å². The Kier molecular flexibility index (Phi) is 7.55. The van der Waals surface area contributed by atoms with Gasteiger partial charge in [-0.1, -0.05) is 6.07 Å². The average molecular weight is 413 g/mol. The zero-order valence-corrected chi connectivity index (χ0v) is 17.4. The first-order valence-electron chi connectivity index (χ1n) is 9.33. The smallest absolute Gasteiger partial charge is 0.307 e. The van der Waals surface area contributed by atoms with E-state index in [0.717, 1.165) is 37.9 Å². The van der Waals surface area contributed by atoms with Crippen molar-refractivity contribution in [2.24, 2.45) is 11.3 Å². The normalized spacial score (nSPS) is 20.5. The van der Waals surface area contributed by atoms with E-state index in [2.05, 4.69) is 10.6 Å². The summed E-state index contributed by atoms with van der Waals surface area (Å²) in [6, 6.07) is 4.93. The van der Waals surface area contributed by atoms with Crippen molar-refractivity contribution in [1.82, 2.24) is 10.6 Å². The second-order valence-electron chi connectivity index (χ2n) is 7.32. The van der Waals surface area contributed by atoms with Crippen LogP contribution in [0.25, 0.3) is 0 Å². The van der Waals surface area contributed by atoms with Crippen LogP contribution < -0.4 is 20.1 Å². The third-order valence-electron chi connectivity index (χ3n) is 5.83. The minimum atomic E-state index is -0.468. The van der Waals surface area contributed by atoms with Crippen LogP contribution in [0.5, 0.6) is 11.5 Å². The Morgan fingerprint density at radius 3 is 2.46 bits per heavy atom. The van der Waals surface area contributed by atoms with Gasteiger partial charge >= 0.3 is 5.97 Å². The lowest BCUT2D eigenvalue weighted by atomic mass is 9.91. The van der Waals surface area contributed by atoms with Gasteiger partial charge in [-0.25, -0.2) is 0 Å². The maximum absolute atomic E-state index is 12.9. The van der Waals surface area contributed by atoms with Crippen molar-refractivity contribution < 1.29 is 23.8 Å². The molecule has 1 spiro atoms. The molecule has 2 aliphatic rings. The molecule has 2 N–H and O–H groups in total. The summed E-state index contributed by atoms with van der Waals surface area (Å²) in [5.41, 5.74) is 0.925. The third-order valence-corrected chi connectivity index (χ3v) is 5.83. The Labute approximate surface area is 171 Å². The number of methoxy groups -OCH3 is 3. The molecule has 3 rings (SSSR count). The Morgan fingerprint density at radius 1 is 1.18 bits per heavy atom. The molecular formula is C20H29ClN2O5. The molecule has 1 aromatic carbocycles. The molecule has 1 saturated heterocycles. The molecule has 1 aromatic rings. The summed E-state index contributed by atoms with van der Waals surface area (Å²) in [5.74, 6) is 0.823. The van der Waals surface area contributed by atoms with Gasteiger partial charge in [-0.05, 0) is 55.5 Å². The molecule has 1 aliphatic heterocycles. The highest BCUT2D eigenvalue weighted by Gasteiger charge is 2.57. The Bertz CT molecular complexity index is 706. The van der Waals surface area contributed by atoms with Crippen LogP contribution in [0.2, 0.25) is 0 Å². The highest BCUT2D eigenvalue weighted by Crippen LogP contribution is 2.58. The molecule has 1 amide bonds. The molecule has 0 aromatic heterocycles. The van der Waals surface area contributed by atoms with Crippen molar-refractivity contribution in [3.63, 3.8) is 0 Å². The summed E-state index contributed by atoms with van der Waals surface area (Å²) < 4.78 is 15.4. The molecule has 2 fully saturated rings. The molecule has 28 heavy (non-hydrogen) atoms. The molecule has 1 heterocycles. The van der Waals surface area contributed by atoms with Gasteiger partial charge in [-0.3, -0.25) is 9.59 Å². The van der Waals surface area contributed by atoms with Crippen molar-refractivity contribution in [1.29, 1.82) is 0 Å². The maximum Gasteiger partial charge on any atom is 0.307 e. The van der Waals surface area contributed by atoms with Gasteiger partial charge in [0, 0.05) is 5.92 Å².